The van der Waals surface area contributed by atoms with Crippen molar-refractivity contribution in [1.82, 2.24) is 5.32 Å². The van der Waals surface area contributed by atoms with Crippen LogP contribution in [0.4, 0.5) is 18.9 Å². The highest BCUT2D eigenvalue weighted by molar-refractivity contribution is 14.2. The van der Waals surface area contributed by atoms with Crippen LogP contribution in [0.15, 0.2) is 18.2 Å². The van der Waals surface area contributed by atoms with E-state index < -0.39 is 38.7 Å². The fourth-order valence-electron chi connectivity index (χ4n) is 1.43. The Kier molecular flexibility index (Phi) is 3.57. The summed E-state index contributed by atoms with van der Waals surface area (Å²) in [6.07, 6.45) is -4.37. The van der Waals surface area contributed by atoms with Gasteiger partial charge in [-0.15, -0.1) is 0 Å². The third-order valence-corrected chi connectivity index (χ3v) is 4.60. The molecule has 0 unspecified atom stereocenters. The first-order valence-corrected chi connectivity index (χ1v) is 7.04. The van der Waals surface area contributed by atoms with Crippen LogP contribution in [0.5, 0.6) is 0 Å². The van der Waals surface area contributed by atoms with E-state index in [1.54, 1.807) is 0 Å². The highest BCUT2D eigenvalue weighted by Crippen LogP contribution is 2.35. The Labute approximate surface area is 111 Å². The van der Waals surface area contributed by atoms with Gasteiger partial charge in [-0.25, -0.2) is 0 Å². The van der Waals surface area contributed by atoms with E-state index in [2.05, 4.69) is 8.85 Å². The predicted molar refractivity (Wildman–Crippen MR) is 70.4 cm³/mol. The van der Waals surface area contributed by atoms with Gasteiger partial charge < -0.3 is 9.26 Å². The van der Waals surface area contributed by atoms with Gasteiger partial charge in [0.1, 0.15) is 0 Å². The molecular weight excluding hydrogens is 362 g/mol. The van der Waals surface area contributed by atoms with Gasteiger partial charge >= 0.3 is 6.18 Å². The summed E-state index contributed by atoms with van der Waals surface area (Å²) >= 11 is -0.654. The lowest BCUT2D eigenvalue weighted by atomic mass is 10.1. The molecule has 0 aliphatic carbocycles. The van der Waals surface area contributed by atoms with Crippen molar-refractivity contribution in [2.45, 2.75) is 6.18 Å². The van der Waals surface area contributed by atoms with E-state index in [0.717, 1.165) is 12.1 Å². The number of primary amides is 1. The SMILES string of the molecule is NC(=O)CNC1=INc2ccc(C(F)(F)F)cc21. The molecule has 0 spiro atoms. The first-order valence-electron chi connectivity index (χ1n) is 4.88. The molecule has 0 saturated carbocycles. The molecule has 0 bridgehead atoms. The molecule has 4 N–H and O–H groups in total. The lowest BCUT2D eigenvalue weighted by Gasteiger charge is -2.10. The number of hydrogen-bond donors (Lipinski definition) is 3. The van der Waals surface area contributed by atoms with Gasteiger partial charge in [0, 0.05) is 26.6 Å². The number of carbonyl (C=O) groups is 1. The molecule has 1 aliphatic rings. The summed E-state index contributed by atoms with van der Waals surface area (Å²) in [6.45, 7) is -0.0770. The first-order chi connectivity index (χ1) is 8.38. The summed E-state index contributed by atoms with van der Waals surface area (Å²) in [5, 5.41) is 2.78. The van der Waals surface area contributed by atoms with E-state index in [1.807, 2.05) is 0 Å². The van der Waals surface area contributed by atoms with Gasteiger partial charge in [-0.1, -0.05) is 0 Å². The summed E-state index contributed by atoms with van der Waals surface area (Å²) in [7, 11) is 0. The molecule has 1 heterocycles. The standard InChI is InChI=1S/C10H9F3IN3O/c11-10(12,13)5-1-2-7-6(3-5)9(14-17-7)16-4-8(15)18/h1-3,16-17H,4H2,(H2,15,18). The molecule has 0 radical (unpaired) electrons. The number of nitrogens with two attached hydrogens (primary N) is 1. The number of fused-ring (bicyclic) bond motifs is 1. The second-order valence-electron chi connectivity index (χ2n) is 3.58. The van der Waals surface area contributed by atoms with Crippen LogP contribution < -0.4 is 14.6 Å². The number of carbonyl (C=O) groups excluding carboxylic acids is 1. The monoisotopic (exact) mass is 371 g/mol. The lowest BCUT2D eigenvalue weighted by molar-refractivity contribution is -0.137. The minimum absolute atomic E-state index is 0.0770. The van der Waals surface area contributed by atoms with E-state index in [0.29, 0.717) is 14.9 Å². The number of halogens is 4. The zero-order valence-electron chi connectivity index (χ0n) is 8.94. The van der Waals surface area contributed by atoms with Crippen molar-refractivity contribution in [3.05, 3.63) is 29.3 Å². The van der Waals surface area contributed by atoms with Crippen molar-refractivity contribution in [3.8, 4) is 0 Å². The second kappa shape index (κ2) is 4.84. The van der Waals surface area contributed by atoms with Gasteiger partial charge in [0.2, 0.25) is 5.91 Å². The quantitative estimate of drug-likeness (QED) is 0.558. The molecule has 2 rings (SSSR count). The average molecular weight is 371 g/mol. The Morgan fingerprint density at radius 3 is 2.78 bits per heavy atom. The van der Waals surface area contributed by atoms with Crippen LogP contribution in [0.3, 0.4) is 0 Å². The van der Waals surface area contributed by atoms with E-state index in [-0.39, 0.29) is 6.54 Å². The number of hydrogen-bond acceptors (Lipinski definition) is 3. The zero-order valence-corrected chi connectivity index (χ0v) is 11.1. The molecule has 1 aromatic rings. The molecule has 1 aromatic carbocycles. The van der Waals surface area contributed by atoms with Crippen molar-refractivity contribution in [2.75, 3.05) is 10.1 Å². The summed E-state index contributed by atoms with van der Waals surface area (Å²) in [5.74, 6) is -0.549. The van der Waals surface area contributed by atoms with Crippen LogP contribution in [-0.2, 0) is 11.0 Å². The van der Waals surface area contributed by atoms with Crippen molar-refractivity contribution >= 4 is 36.2 Å². The molecule has 4 nitrogen and oxygen atoms in total. The Balaban J connectivity index is 2.26. The van der Waals surface area contributed by atoms with Crippen LogP contribution in [0.1, 0.15) is 11.1 Å². The molecule has 0 saturated heterocycles. The van der Waals surface area contributed by atoms with Crippen molar-refractivity contribution in [1.29, 1.82) is 0 Å². The van der Waals surface area contributed by atoms with E-state index in [1.165, 1.54) is 6.07 Å². The highest BCUT2D eigenvalue weighted by Gasteiger charge is 2.32. The Morgan fingerprint density at radius 1 is 1.44 bits per heavy atom. The summed E-state index contributed by atoms with van der Waals surface area (Å²) in [6, 6.07) is 3.52. The molecule has 0 atom stereocenters. The van der Waals surface area contributed by atoms with Crippen LogP contribution in [-0.4, -0.2) is 16.1 Å². The number of alkyl halides is 3. The number of benzene rings is 1. The molecule has 8 heteroatoms. The van der Waals surface area contributed by atoms with Gasteiger partial charge in [-0.3, -0.25) is 10.1 Å². The van der Waals surface area contributed by atoms with Gasteiger partial charge in [0.25, 0.3) is 0 Å². The fourth-order valence-corrected chi connectivity index (χ4v) is 3.58. The number of nitrogens with one attached hydrogen (secondary N) is 2. The molecule has 98 valence electrons. The Morgan fingerprint density at radius 2 is 2.17 bits per heavy atom. The number of anilines is 1. The van der Waals surface area contributed by atoms with Crippen molar-refractivity contribution < 1.29 is 18.0 Å². The summed E-state index contributed by atoms with van der Waals surface area (Å²) < 4.78 is 41.4. The second-order valence-corrected chi connectivity index (χ2v) is 5.74. The molecule has 18 heavy (non-hydrogen) atoms. The van der Waals surface area contributed by atoms with E-state index in [4.69, 9.17) is 5.73 Å². The van der Waals surface area contributed by atoms with Crippen LogP contribution in [0.25, 0.3) is 0 Å². The minimum Gasteiger partial charge on any atom is -0.369 e. The third kappa shape index (κ3) is 2.80. The molecular formula is C10H9F3IN3O. The zero-order chi connectivity index (χ0) is 13.3. The van der Waals surface area contributed by atoms with Gasteiger partial charge in [0.15, 0.2) is 0 Å². The van der Waals surface area contributed by atoms with Gasteiger partial charge in [0.05, 0.1) is 21.4 Å². The smallest absolute Gasteiger partial charge is 0.369 e. The van der Waals surface area contributed by atoms with Crippen LogP contribution in [0.2, 0.25) is 0 Å². The van der Waals surface area contributed by atoms with Gasteiger partial charge in [-0.05, 0) is 18.2 Å². The molecule has 0 fully saturated rings. The van der Waals surface area contributed by atoms with Crippen molar-refractivity contribution in [3.63, 3.8) is 0 Å². The Bertz CT molecular complexity index is 528. The topological polar surface area (TPSA) is 67.2 Å². The molecule has 0 aromatic heterocycles. The fraction of sp³-hybridized carbons (Fsp3) is 0.200. The number of rotatable bonds is 3. The minimum atomic E-state index is -4.37. The molecule has 1 amide bonds. The number of amides is 1. The Hall–Kier alpha value is -1.16. The maximum Gasteiger partial charge on any atom is 0.416 e. The maximum atomic E-state index is 12.6. The van der Waals surface area contributed by atoms with E-state index in [9.17, 15) is 18.0 Å². The average Bonchev–Trinajstić information content (AvgIpc) is 2.67. The van der Waals surface area contributed by atoms with E-state index >= 15 is 0 Å². The predicted octanol–water partition coefficient (Wildman–Crippen LogP) is 1.57. The van der Waals surface area contributed by atoms with Gasteiger partial charge in [-0.2, -0.15) is 13.2 Å². The van der Waals surface area contributed by atoms with Crippen molar-refractivity contribution in [2.24, 2.45) is 5.73 Å². The maximum absolute atomic E-state index is 12.6. The third-order valence-electron chi connectivity index (χ3n) is 2.24. The summed E-state index contributed by atoms with van der Waals surface area (Å²) in [4.78, 5) is 10.7. The normalized spacial score (nSPS) is 14.3. The lowest BCUT2D eigenvalue weighted by Crippen LogP contribution is -2.32. The summed E-state index contributed by atoms with van der Waals surface area (Å²) in [5.41, 5.74) is 5.41. The highest BCUT2D eigenvalue weighted by atomic mass is 127. The van der Waals surface area contributed by atoms with Crippen LogP contribution in [0, 0.1) is 0 Å². The first kappa shape index (κ1) is 13.3. The van der Waals surface area contributed by atoms with Crippen LogP contribution >= 0.6 is 21.0 Å². The largest absolute Gasteiger partial charge is 0.416 e. The molecule has 1 aliphatic heterocycles.